The van der Waals surface area contributed by atoms with Crippen molar-refractivity contribution in [3.05, 3.63) is 71.3 Å². The number of carboxylic acid groups (broad SMARTS) is 1. The summed E-state index contributed by atoms with van der Waals surface area (Å²) in [6, 6.07) is 16.5. The molecule has 0 heterocycles. The van der Waals surface area contributed by atoms with E-state index in [0.717, 1.165) is 5.56 Å². The molecule has 2 rings (SSSR count). The zero-order chi connectivity index (χ0) is 17.4. The molecule has 0 aliphatic rings. The van der Waals surface area contributed by atoms with Crippen molar-refractivity contribution in [1.82, 2.24) is 5.32 Å². The molecule has 0 unspecified atom stereocenters. The Labute approximate surface area is 139 Å². The van der Waals surface area contributed by atoms with Crippen LogP contribution in [0.4, 0.5) is 4.79 Å². The van der Waals surface area contributed by atoms with Crippen LogP contribution < -0.4 is 5.32 Å². The molecule has 6 nitrogen and oxygen atoms in total. The van der Waals surface area contributed by atoms with Gasteiger partial charge in [-0.1, -0.05) is 42.5 Å². The van der Waals surface area contributed by atoms with Crippen molar-refractivity contribution < 1.29 is 19.4 Å². The van der Waals surface area contributed by atoms with E-state index in [1.54, 1.807) is 36.4 Å². The van der Waals surface area contributed by atoms with Crippen LogP contribution in [0.2, 0.25) is 0 Å². The highest BCUT2D eigenvalue weighted by molar-refractivity contribution is 5.80. The summed E-state index contributed by atoms with van der Waals surface area (Å²) in [5.74, 6) is -1.17. The maximum absolute atomic E-state index is 11.8. The third kappa shape index (κ3) is 5.14. The summed E-state index contributed by atoms with van der Waals surface area (Å²) in [4.78, 5) is 23.1. The van der Waals surface area contributed by atoms with Gasteiger partial charge in [-0.25, -0.2) is 9.59 Å². The van der Waals surface area contributed by atoms with Gasteiger partial charge in [-0.05, 0) is 23.3 Å². The maximum Gasteiger partial charge on any atom is 0.408 e. The van der Waals surface area contributed by atoms with Gasteiger partial charge in [-0.2, -0.15) is 5.26 Å². The summed E-state index contributed by atoms with van der Waals surface area (Å²) >= 11 is 0. The first kappa shape index (κ1) is 17.0. The molecular formula is C18H16N2O4. The van der Waals surface area contributed by atoms with Crippen LogP contribution in [-0.4, -0.2) is 23.2 Å². The van der Waals surface area contributed by atoms with E-state index in [-0.39, 0.29) is 13.0 Å². The van der Waals surface area contributed by atoms with Gasteiger partial charge < -0.3 is 15.2 Å². The molecule has 0 saturated carbocycles. The van der Waals surface area contributed by atoms with Crippen LogP contribution in [0.5, 0.6) is 0 Å². The Hall–Kier alpha value is -3.33. The number of carbonyl (C=O) groups excluding carboxylic acids is 1. The van der Waals surface area contributed by atoms with Crippen molar-refractivity contribution in [2.75, 3.05) is 0 Å². The minimum atomic E-state index is -1.17. The quantitative estimate of drug-likeness (QED) is 0.850. The van der Waals surface area contributed by atoms with E-state index >= 15 is 0 Å². The number of amides is 1. The molecular weight excluding hydrogens is 308 g/mol. The van der Waals surface area contributed by atoms with Gasteiger partial charge in [0, 0.05) is 6.42 Å². The molecule has 0 aliphatic heterocycles. The van der Waals surface area contributed by atoms with Gasteiger partial charge in [0.15, 0.2) is 0 Å². The van der Waals surface area contributed by atoms with Crippen LogP contribution in [0.1, 0.15) is 16.7 Å². The van der Waals surface area contributed by atoms with E-state index in [4.69, 9.17) is 10.00 Å². The minimum absolute atomic E-state index is 0.0585. The smallest absolute Gasteiger partial charge is 0.408 e. The second-order valence-corrected chi connectivity index (χ2v) is 5.11. The van der Waals surface area contributed by atoms with Gasteiger partial charge >= 0.3 is 12.1 Å². The molecule has 6 heteroatoms. The first-order valence-corrected chi connectivity index (χ1v) is 7.27. The third-order valence-electron chi connectivity index (χ3n) is 3.30. The number of carboxylic acids is 1. The summed E-state index contributed by atoms with van der Waals surface area (Å²) < 4.78 is 5.03. The standard InChI is InChI=1S/C18H16N2O4/c19-11-15-8-4-7-14(9-15)10-16(17(21)22)20-18(23)24-12-13-5-2-1-3-6-13/h1-9,16H,10,12H2,(H,20,23)(H,21,22)/t16-/m0/s1. The number of aliphatic carboxylic acids is 1. The van der Waals surface area contributed by atoms with Gasteiger partial charge in [0.25, 0.3) is 0 Å². The van der Waals surface area contributed by atoms with E-state index < -0.39 is 18.1 Å². The fourth-order valence-corrected chi connectivity index (χ4v) is 2.11. The predicted octanol–water partition coefficient (Wildman–Crippen LogP) is 2.48. The van der Waals surface area contributed by atoms with Gasteiger partial charge in [-0.3, -0.25) is 0 Å². The molecule has 0 bridgehead atoms. The van der Waals surface area contributed by atoms with Crippen LogP contribution in [0.15, 0.2) is 54.6 Å². The van der Waals surface area contributed by atoms with Crippen molar-refractivity contribution in [3.8, 4) is 6.07 Å². The predicted molar refractivity (Wildman–Crippen MR) is 86.0 cm³/mol. The van der Waals surface area contributed by atoms with Crippen molar-refractivity contribution in [3.63, 3.8) is 0 Å². The van der Waals surface area contributed by atoms with E-state index in [1.807, 2.05) is 24.3 Å². The van der Waals surface area contributed by atoms with Crippen LogP contribution in [0.25, 0.3) is 0 Å². The minimum Gasteiger partial charge on any atom is -0.480 e. The molecule has 0 saturated heterocycles. The molecule has 122 valence electrons. The maximum atomic E-state index is 11.8. The Balaban J connectivity index is 1.94. The van der Waals surface area contributed by atoms with Gasteiger partial charge in [0.1, 0.15) is 12.6 Å². The number of rotatable bonds is 6. The number of nitriles is 1. The lowest BCUT2D eigenvalue weighted by Crippen LogP contribution is -2.42. The average molecular weight is 324 g/mol. The molecule has 1 atom stereocenters. The van der Waals surface area contributed by atoms with Gasteiger partial charge in [0.2, 0.25) is 0 Å². The van der Waals surface area contributed by atoms with E-state index in [2.05, 4.69) is 5.32 Å². The highest BCUT2D eigenvalue weighted by atomic mass is 16.5. The topological polar surface area (TPSA) is 99.4 Å². The lowest BCUT2D eigenvalue weighted by atomic mass is 10.0. The van der Waals surface area contributed by atoms with E-state index in [9.17, 15) is 14.7 Å². The van der Waals surface area contributed by atoms with E-state index in [1.165, 1.54) is 0 Å². The molecule has 2 aromatic carbocycles. The Morgan fingerprint density at radius 1 is 1.12 bits per heavy atom. The summed E-state index contributed by atoms with van der Waals surface area (Å²) in [6.45, 7) is 0.0585. The molecule has 0 radical (unpaired) electrons. The number of carbonyl (C=O) groups is 2. The van der Waals surface area contributed by atoms with Crippen molar-refractivity contribution >= 4 is 12.1 Å². The summed E-state index contributed by atoms with van der Waals surface area (Å²) in [5, 5.41) is 20.5. The van der Waals surface area contributed by atoms with Crippen LogP contribution in [0, 0.1) is 11.3 Å². The number of alkyl carbamates (subject to hydrolysis) is 1. The number of nitrogens with one attached hydrogen (secondary N) is 1. The van der Waals surface area contributed by atoms with Crippen molar-refractivity contribution in [2.24, 2.45) is 0 Å². The lowest BCUT2D eigenvalue weighted by Gasteiger charge is -2.15. The highest BCUT2D eigenvalue weighted by Gasteiger charge is 2.21. The van der Waals surface area contributed by atoms with Crippen molar-refractivity contribution in [1.29, 1.82) is 5.26 Å². The fourth-order valence-electron chi connectivity index (χ4n) is 2.11. The summed E-state index contributed by atoms with van der Waals surface area (Å²) in [7, 11) is 0. The number of hydrogen-bond acceptors (Lipinski definition) is 4. The Bertz CT molecular complexity index is 753. The van der Waals surface area contributed by atoms with E-state index in [0.29, 0.717) is 11.1 Å². The molecule has 0 spiro atoms. The second kappa shape index (κ2) is 8.34. The van der Waals surface area contributed by atoms with Gasteiger partial charge in [0.05, 0.1) is 11.6 Å². The summed E-state index contributed by atoms with van der Waals surface area (Å²) in [6.07, 6.45) is -0.742. The lowest BCUT2D eigenvalue weighted by molar-refractivity contribution is -0.139. The largest absolute Gasteiger partial charge is 0.480 e. The first-order chi connectivity index (χ1) is 11.6. The van der Waals surface area contributed by atoms with Crippen molar-refractivity contribution in [2.45, 2.75) is 19.1 Å². The van der Waals surface area contributed by atoms with Crippen LogP contribution >= 0.6 is 0 Å². The molecule has 2 N–H and O–H groups in total. The average Bonchev–Trinajstić information content (AvgIpc) is 2.60. The first-order valence-electron chi connectivity index (χ1n) is 7.27. The zero-order valence-electron chi connectivity index (χ0n) is 12.8. The monoisotopic (exact) mass is 324 g/mol. The Morgan fingerprint density at radius 3 is 2.50 bits per heavy atom. The number of nitrogens with zero attached hydrogens (tertiary/aromatic N) is 1. The Kier molecular flexibility index (Phi) is 5.92. The van der Waals surface area contributed by atoms with Crippen LogP contribution in [0.3, 0.4) is 0 Å². The van der Waals surface area contributed by atoms with Gasteiger partial charge in [-0.15, -0.1) is 0 Å². The molecule has 1 amide bonds. The SMILES string of the molecule is N#Cc1cccc(C[C@H](NC(=O)OCc2ccccc2)C(=O)O)c1. The number of hydrogen-bond donors (Lipinski definition) is 2. The molecule has 0 aromatic heterocycles. The number of ether oxygens (including phenoxy) is 1. The second-order valence-electron chi connectivity index (χ2n) is 5.11. The fraction of sp³-hybridized carbons (Fsp3) is 0.167. The molecule has 0 fully saturated rings. The molecule has 24 heavy (non-hydrogen) atoms. The van der Waals surface area contributed by atoms with Crippen LogP contribution in [-0.2, 0) is 22.6 Å². The normalized spacial score (nSPS) is 11.1. The number of benzene rings is 2. The zero-order valence-corrected chi connectivity index (χ0v) is 12.8. The Morgan fingerprint density at radius 2 is 1.83 bits per heavy atom. The highest BCUT2D eigenvalue weighted by Crippen LogP contribution is 2.08. The summed E-state index contributed by atoms with van der Waals surface area (Å²) in [5.41, 5.74) is 1.88. The molecule has 2 aromatic rings. The molecule has 0 aliphatic carbocycles. The third-order valence-corrected chi connectivity index (χ3v) is 3.30.